The first-order valence-electron chi connectivity index (χ1n) is 4.92. The van der Waals surface area contributed by atoms with Gasteiger partial charge in [0.05, 0.1) is 5.92 Å². The van der Waals surface area contributed by atoms with Gasteiger partial charge in [-0.1, -0.05) is 4.49 Å². The molecule has 0 aromatic carbocycles. The van der Waals surface area contributed by atoms with Crippen molar-refractivity contribution in [1.29, 1.82) is 0 Å². The van der Waals surface area contributed by atoms with Crippen LogP contribution in [0.3, 0.4) is 0 Å². The smallest absolute Gasteiger partial charge is 0.308 e. The number of carbonyl (C=O) groups is 2. The minimum absolute atomic E-state index is 0.231. The fourth-order valence-electron chi connectivity index (χ4n) is 1.96. The molecule has 1 aromatic rings. The number of carboxylic acids is 1. The van der Waals surface area contributed by atoms with Gasteiger partial charge in [0.15, 0.2) is 5.69 Å². The highest BCUT2D eigenvalue weighted by atomic mass is 32.1. The number of carboxylic acid groups (broad SMARTS) is 1. The summed E-state index contributed by atoms with van der Waals surface area (Å²) in [6, 6.07) is -0.285. The molecule has 2 rings (SSSR count). The molecule has 1 N–H and O–H groups in total. The van der Waals surface area contributed by atoms with Gasteiger partial charge in [-0.2, -0.15) is 0 Å². The molecule has 1 aromatic heterocycles. The highest BCUT2D eigenvalue weighted by molar-refractivity contribution is 7.03. The van der Waals surface area contributed by atoms with E-state index in [-0.39, 0.29) is 11.9 Å². The summed E-state index contributed by atoms with van der Waals surface area (Å²) in [4.78, 5) is 24.4. The van der Waals surface area contributed by atoms with Crippen molar-refractivity contribution in [3.05, 3.63) is 11.1 Å². The molecule has 2 atom stereocenters. The van der Waals surface area contributed by atoms with Crippen LogP contribution in [0.4, 0.5) is 0 Å². The summed E-state index contributed by atoms with van der Waals surface area (Å²) in [5.41, 5.74) is 0.294. The van der Waals surface area contributed by atoms with E-state index < -0.39 is 11.9 Å². The van der Waals surface area contributed by atoms with Crippen molar-refractivity contribution >= 4 is 23.4 Å². The van der Waals surface area contributed by atoms with E-state index in [0.29, 0.717) is 18.7 Å². The van der Waals surface area contributed by atoms with E-state index in [0.717, 1.165) is 11.5 Å². The molecule has 7 heteroatoms. The van der Waals surface area contributed by atoms with E-state index in [1.54, 1.807) is 17.2 Å². The van der Waals surface area contributed by atoms with Crippen LogP contribution >= 0.6 is 11.5 Å². The lowest BCUT2D eigenvalue weighted by molar-refractivity contribution is -0.142. The SMILES string of the molecule is CC1C(C(=O)O)CCN1C(=O)c1csnn1. The second kappa shape index (κ2) is 4.17. The third-order valence-electron chi connectivity index (χ3n) is 2.91. The lowest BCUT2D eigenvalue weighted by atomic mass is 10.0. The number of nitrogens with zero attached hydrogens (tertiary/aromatic N) is 3. The zero-order chi connectivity index (χ0) is 11.7. The van der Waals surface area contributed by atoms with Crippen molar-refractivity contribution < 1.29 is 14.7 Å². The molecule has 1 fully saturated rings. The average molecular weight is 241 g/mol. The summed E-state index contributed by atoms with van der Waals surface area (Å²) >= 11 is 1.11. The third-order valence-corrected chi connectivity index (χ3v) is 3.42. The van der Waals surface area contributed by atoms with Gasteiger partial charge in [0.1, 0.15) is 0 Å². The van der Waals surface area contributed by atoms with Crippen LogP contribution in [0.2, 0.25) is 0 Å². The number of aromatic nitrogens is 2. The van der Waals surface area contributed by atoms with E-state index >= 15 is 0 Å². The zero-order valence-electron chi connectivity index (χ0n) is 8.66. The van der Waals surface area contributed by atoms with Crippen LogP contribution in [-0.2, 0) is 4.79 Å². The highest BCUT2D eigenvalue weighted by Gasteiger charge is 2.38. The Bertz CT molecular complexity index is 406. The number of rotatable bonds is 2. The van der Waals surface area contributed by atoms with Gasteiger partial charge in [-0.25, -0.2) is 0 Å². The molecule has 86 valence electrons. The summed E-state index contributed by atoms with van der Waals surface area (Å²) in [7, 11) is 0. The second-order valence-corrected chi connectivity index (χ2v) is 4.37. The first-order valence-corrected chi connectivity index (χ1v) is 5.75. The molecule has 0 spiro atoms. The molecule has 1 saturated heterocycles. The van der Waals surface area contributed by atoms with Gasteiger partial charge in [0.25, 0.3) is 5.91 Å². The average Bonchev–Trinajstić information content (AvgIpc) is 2.84. The molecule has 16 heavy (non-hydrogen) atoms. The summed E-state index contributed by atoms with van der Waals surface area (Å²) in [6.45, 7) is 2.22. The van der Waals surface area contributed by atoms with Crippen molar-refractivity contribution in [2.45, 2.75) is 19.4 Å². The molecule has 2 unspecified atom stereocenters. The molecule has 2 heterocycles. The first kappa shape index (κ1) is 11.0. The van der Waals surface area contributed by atoms with Crippen molar-refractivity contribution in [2.75, 3.05) is 6.54 Å². The van der Waals surface area contributed by atoms with Gasteiger partial charge in [-0.15, -0.1) is 5.10 Å². The van der Waals surface area contributed by atoms with E-state index in [2.05, 4.69) is 9.59 Å². The van der Waals surface area contributed by atoms with Crippen molar-refractivity contribution in [1.82, 2.24) is 14.5 Å². The van der Waals surface area contributed by atoms with Gasteiger partial charge in [-0.05, 0) is 24.9 Å². The van der Waals surface area contributed by atoms with Crippen LogP contribution < -0.4 is 0 Å². The third kappa shape index (κ3) is 1.78. The Morgan fingerprint density at radius 1 is 1.62 bits per heavy atom. The van der Waals surface area contributed by atoms with Crippen LogP contribution in [-0.4, -0.2) is 44.1 Å². The van der Waals surface area contributed by atoms with Crippen molar-refractivity contribution in [2.24, 2.45) is 5.92 Å². The zero-order valence-corrected chi connectivity index (χ0v) is 9.48. The number of likely N-dealkylation sites (tertiary alicyclic amines) is 1. The van der Waals surface area contributed by atoms with Crippen LogP contribution in [0, 0.1) is 5.92 Å². The van der Waals surface area contributed by atoms with Gasteiger partial charge < -0.3 is 10.0 Å². The molecule has 0 aliphatic carbocycles. The number of amides is 1. The quantitative estimate of drug-likeness (QED) is 0.813. The Balaban J connectivity index is 2.13. The highest BCUT2D eigenvalue weighted by Crippen LogP contribution is 2.25. The summed E-state index contributed by atoms with van der Waals surface area (Å²) in [5.74, 6) is -1.56. The standard InChI is InChI=1S/C9H11N3O3S/c1-5-6(9(14)15)2-3-12(5)8(13)7-4-16-11-10-7/h4-6H,2-3H2,1H3,(H,14,15). The molecule has 0 radical (unpaired) electrons. The van der Waals surface area contributed by atoms with Crippen LogP contribution in [0.1, 0.15) is 23.8 Å². The minimum Gasteiger partial charge on any atom is -0.481 e. The van der Waals surface area contributed by atoms with Crippen LogP contribution in [0.5, 0.6) is 0 Å². The van der Waals surface area contributed by atoms with Gasteiger partial charge in [0, 0.05) is 18.0 Å². The largest absolute Gasteiger partial charge is 0.481 e. The van der Waals surface area contributed by atoms with Crippen LogP contribution in [0.25, 0.3) is 0 Å². The summed E-state index contributed by atoms with van der Waals surface area (Å²) in [6.07, 6.45) is 0.500. The minimum atomic E-state index is -0.848. The maximum atomic E-state index is 11.9. The van der Waals surface area contributed by atoms with Crippen molar-refractivity contribution in [3.8, 4) is 0 Å². The van der Waals surface area contributed by atoms with E-state index in [4.69, 9.17) is 5.11 Å². The number of carbonyl (C=O) groups excluding carboxylic acids is 1. The Morgan fingerprint density at radius 3 is 2.88 bits per heavy atom. The van der Waals surface area contributed by atoms with Crippen LogP contribution in [0.15, 0.2) is 5.38 Å². The maximum Gasteiger partial charge on any atom is 0.308 e. The summed E-state index contributed by atoms with van der Waals surface area (Å²) < 4.78 is 3.62. The Labute approximate surface area is 96.0 Å². The molecule has 1 amide bonds. The molecular weight excluding hydrogens is 230 g/mol. The molecule has 0 bridgehead atoms. The second-order valence-electron chi connectivity index (χ2n) is 3.76. The molecule has 1 aliphatic rings. The predicted octanol–water partition coefficient (Wildman–Crippen LogP) is 0.473. The predicted molar refractivity (Wildman–Crippen MR) is 56.2 cm³/mol. The van der Waals surface area contributed by atoms with E-state index in [9.17, 15) is 9.59 Å². The fraction of sp³-hybridized carbons (Fsp3) is 0.556. The first-order chi connectivity index (χ1) is 7.61. The topological polar surface area (TPSA) is 83.4 Å². The molecular formula is C9H11N3O3S. The van der Waals surface area contributed by atoms with Gasteiger partial charge >= 0.3 is 5.97 Å². The monoisotopic (exact) mass is 241 g/mol. The van der Waals surface area contributed by atoms with Gasteiger partial charge in [-0.3, -0.25) is 9.59 Å². The lowest BCUT2D eigenvalue weighted by Gasteiger charge is -2.21. The lowest BCUT2D eigenvalue weighted by Crippen LogP contribution is -2.37. The Kier molecular flexibility index (Phi) is 2.86. The number of hydrogen-bond donors (Lipinski definition) is 1. The fourth-order valence-corrected chi connectivity index (χ4v) is 2.39. The Hall–Kier alpha value is -1.50. The summed E-state index contributed by atoms with van der Waals surface area (Å²) in [5, 5.41) is 14.2. The molecule has 1 aliphatic heterocycles. The maximum absolute atomic E-state index is 11.9. The number of aliphatic carboxylic acids is 1. The number of hydrogen-bond acceptors (Lipinski definition) is 5. The van der Waals surface area contributed by atoms with Gasteiger partial charge in [0.2, 0.25) is 0 Å². The van der Waals surface area contributed by atoms with E-state index in [1.165, 1.54) is 0 Å². The van der Waals surface area contributed by atoms with E-state index in [1.807, 2.05) is 0 Å². The Morgan fingerprint density at radius 2 is 2.38 bits per heavy atom. The molecule has 0 saturated carbocycles. The normalized spacial score (nSPS) is 24.7. The van der Waals surface area contributed by atoms with Crippen molar-refractivity contribution in [3.63, 3.8) is 0 Å². The molecule has 6 nitrogen and oxygen atoms in total.